The van der Waals surface area contributed by atoms with E-state index in [9.17, 15) is 29.1 Å². The van der Waals surface area contributed by atoms with Crippen molar-refractivity contribution in [2.45, 2.75) is 13.3 Å². The number of carboxylic acids is 1. The molecule has 0 aromatic rings. The summed E-state index contributed by atoms with van der Waals surface area (Å²) in [6.45, 7) is 1.10. The van der Waals surface area contributed by atoms with Crippen LogP contribution in [0.1, 0.15) is 13.3 Å². The summed E-state index contributed by atoms with van der Waals surface area (Å²) in [6.07, 6.45) is -0.864. The van der Waals surface area contributed by atoms with Gasteiger partial charge in [0.1, 0.15) is 0 Å². The average molecular weight is 348 g/mol. The van der Waals surface area contributed by atoms with Crippen LogP contribution in [0.5, 0.6) is 0 Å². The molecule has 0 rings (SSSR count). The van der Waals surface area contributed by atoms with Crippen molar-refractivity contribution in [1.82, 2.24) is 0 Å². The normalized spacial score (nSPS) is 13.2. The number of carboxylic acid groups (broad SMARTS) is 1. The lowest BCUT2D eigenvalue weighted by molar-refractivity contribution is -0.190. The van der Waals surface area contributed by atoms with E-state index in [0.29, 0.717) is 0 Å². The van der Waals surface area contributed by atoms with Crippen LogP contribution in [0.15, 0.2) is 0 Å². The van der Waals surface area contributed by atoms with Gasteiger partial charge in [0.15, 0.2) is 5.41 Å². The molecule has 0 aromatic carbocycles. The van der Waals surface area contributed by atoms with Gasteiger partial charge in [-0.05, 0) is 0 Å². The van der Waals surface area contributed by atoms with E-state index in [0.717, 1.165) is 35.4 Å². The van der Waals surface area contributed by atoms with Crippen molar-refractivity contribution in [2.75, 3.05) is 28.4 Å². The van der Waals surface area contributed by atoms with Gasteiger partial charge in [0.2, 0.25) is 0 Å². The minimum atomic E-state index is -2.63. The topological polar surface area (TPSA) is 143 Å². The van der Waals surface area contributed by atoms with Crippen molar-refractivity contribution in [3.8, 4) is 0 Å². The van der Waals surface area contributed by atoms with Gasteiger partial charge in [-0.2, -0.15) is 0 Å². The summed E-state index contributed by atoms with van der Waals surface area (Å²) < 4.78 is 18.0. The van der Waals surface area contributed by atoms with Crippen LogP contribution in [-0.4, -0.2) is 63.4 Å². The number of methoxy groups -OCH3 is 4. The van der Waals surface area contributed by atoms with Crippen molar-refractivity contribution in [1.29, 1.82) is 0 Å². The molecule has 2 unspecified atom stereocenters. The second-order valence-electron chi connectivity index (χ2n) is 4.77. The zero-order chi connectivity index (χ0) is 19.1. The fraction of sp³-hybridized carbons (Fsp3) is 0.643. The first-order valence-corrected chi connectivity index (χ1v) is 6.69. The molecule has 0 radical (unpaired) electrons. The van der Waals surface area contributed by atoms with E-state index in [1.165, 1.54) is 0 Å². The Morgan fingerprint density at radius 1 is 0.875 bits per heavy atom. The van der Waals surface area contributed by atoms with Crippen molar-refractivity contribution in [3.05, 3.63) is 0 Å². The molecule has 10 heteroatoms. The molecule has 24 heavy (non-hydrogen) atoms. The van der Waals surface area contributed by atoms with Gasteiger partial charge in [0.05, 0.1) is 46.7 Å². The molecular formula is C14H20O10. The van der Waals surface area contributed by atoms with Gasteiger partial charge in [-0.15, -0.1) is 0 Å². The van der Waals surface area contributed by atoms with Gasteiger partial charge in [0.25, 0.3) is 0 Å². The zero-order valence-corrected chi connectivity index (χ0v) is 14.0. The van der Waals surface area contributed by atoms with Crippen molar-refractivity contribution >= 4 is 29.8 Å². The van der Waals surface area contributed by atoms with E-state index in [1.54, 1.807) is 0 Å². The molecule has 0 heterocycles. The van der Waals surface area contributed by atoms with E-state index >= 15 is 0 Å². The highest BCUT2D eigenvalue weighted by Crippen LogP contribution is 2.42. The van der Waals surface area contributed by atoms with Gasteiger partial charge in [-0.25, -0.2) is 0 Å². The molecule has 0 saturated carbocycles. The number of hydrogen-bond donors (Lipinski definition) is 1. The van der Waals surface area contributed by atoms with E-state index < -0.39 is 53.5 Å². The van der Waals surface area contributed by atoms with Crippen molar-refractivity contribution in [3.63, 3.8) is 0 Å². The van der Waals surface area contributed by atoms with Crippen molar-refractivity contribution in [2.24, 2.45) is 17.3 Å². The Balaban J connectivity index is 6.55. The third-order valence-electron chi connectivity index (χ3n) is 3.73. The Morgan fingerprint density at radius 2 is 1.33 bits per heavy atom. The highest BCUT2D eigenvalue weighted by Gasteiger charge is 2.64. The SMILES string of the molecule is COC(=O)CC(C(=O)O)C(C(=O)OC)(C(=O)OC)C(C)C(=O)OC. The zero-order valence-electron chi connectivity index (χ0n) is 14.0. The lowest BCUT2D eigenvalue weighted by Gasteiger charge is -2.36. The monoisotopic (exact) mass is 348 g/mol. The molecule has 0 fully saturated rings. The Hall–Kier alpha value is -2.65. The number of carbonyl (C=O) groups excluding carboxylic acids is 4. The van der Waals surface area contributed by atoms with Crippen LogP contribution < -0.4 is 0 Å². The van der Waals surface area contributed by atoms with Crippen LogP contribution in [0, 0.1) is 17.3 Å². The number of carbonyl (C=O) groups is 5. The summed E-state index contributed by atoms with van der Waals surface area (Å²) in [6, 6.07) is 0. The third-order valence-corrected chi connectivity index (χ3v) is 3.73. The molecule has 0 saturated heterocycles. The quantitative estimate of drug-likeness (QED) is 0.343. The molecule has 0 spiro atoms. The molecule has 0 bridgehead atoms. The number of aliphatic carboxylic acids is 1. The van der Waals surface area contributed by atoms with Gasteiger partial charge in [-0.3, -0.25) is 24.0 Å². The molecule has 0 amide bonds. The molecule has 0 aliphatic heterocycles. The standard InChI is InChI=1S/C14H20O10/c1-7(11(18)22-3)14(12(19)23-4,13(20)24-5)8(10(16)17)6-9(15)21-2/h7-8H,6H2,1-5H3,(H,16,17). The van der Waals surface area contributed by atoms with Crippen LogP contribution in [0.25, 0.3) is 0 Å². The summed E-state index contributed by atoms with van der Waals surface area (Å²) in [5.74, 6) is -10.0. The first kappa shape index (κ1) is 21.4. The Labute approximate surface area is 138 Å². The maximum Gasteiger partial charge on any atom is 0.325 e. The second-order valence-corrected chi connectivity index (χ2v) is 4.77. The minimum Gasteiger partial charge on any atom is -0.481 e. The molecule has 136 valence electrons. The fourth-order valence-electron chi connectivity index (χ4n) is 2.42. The summed E-state index contributed by atoms with van der Waals surface area (Å²) in [7, 11) is 3.80. The molecule has 0 aromatic heterocycles. The Kier molecular flexibility index (Phi) is 7.87. The van der Waals surface area contributed by atoms with E-state index in [2.05, 4.69) is 18.9 Å². The van der Waals surface area contributed by atoms with Crippen LogP contribution in [0.4, 0.5) is 0 Å². The van der Waals surface area contributed by atoms with Crippen LogP contribution in [-0.2, 0) is 42.9 Å². The second kappa shape index (κ2) is 8.85. The van der Waals surface area contributed by atoms with Gasteiger partial charge in [0, 0.05) is 0 Å². The lowest BCUT2D eigenvalue weighted by Crippen LogP contribution is -2.56. The summed E-state index contributed by atoms with van der Waals surface area (Å²) >= 11 is 0. The van der Waals surface area contributed by atoms with Gasteiger partial charge >= 0.3 is 29.8 Å². The molecule has 0 aliphatic carbocycles. The van der Waals surface area contributed by atoms with Crippen molar-refractivity contribution < 1.29 is 48.0 Å². The lowest BCUT2D eigenvalue weighted by atomic mass is 9.65. The first-order valence-electron chi connectivity index (χ1n) is 6.69. The maximum atomic E-state index is 12.4. The number of hydrogen-bond acceptors (Lipinski definition) is 9. The number of rotatable bonds is 8. The predicted octanol–water partition coefficient (Wildman–Crippen LogP) is -0.608. The summed E-state index contributed by atoms with van der Waals surface area (Å²) in [5.41, 5.74) is -2.63. The maximum absolute atomic E-state index is 12.4. The van der Waals surface area contributed by atoms with E-state index in [-0.39, 0.29) is 0 Å². The van der Waals surface area contributed by atoms with Gasteiger partial charge in [-0.1, -0.05) is 6.92 Å². The molecule has 0 aliphatic rings. The fourth-order valence-corrected chi connectivity index (χ4v) is 2.42. The van der Waals surface area contributed by atoms with E-state index in [4.69, 9.17) is 0 Å². The minimum absolute atomic E-state index is 0.864. The Morgan fingerprint density at radius 3 is 1.62 bits per heavy atom. The largest absolute Gasteiger partial charge is 0.481 e. The number of ether oxygens (including phenoxy) is 4. The summed E-state index contributed by atoms with van der Waals surface area (Å²) in [4.78, 5) is 59.9. The average Bonchev–Trinajstić information content (AvgIpc) is 2.58. The first-order chi connectivity index (χ1) is 11.1. The van der Waals surface area contributed by atoms with Crippen LogP contribution in [0.2, 0.25) is 0 Å². The molecular weight excluding hydrogens is 328 g/mol. The highest BCUT2D eigenvalue weighted by atomic mass is 16.6. The molecule has 10 nitrogen and oxygen atoms in total. The van der Waals surface area contributed by atoms with Crippen LogP contribution >= 0.6 is 0 Å². The smallest absolute Gasteiger partial charge is 0.325 e. The number of esters is 4. The van der Waals surface area contributed by atoms with Gasteiger partial charge < -0.3 is 24.1 Å². The highest BCUT2D eigenvalue weighted by molar-refractivity contribution is 6.07. The summed E-state index contributed by atoms with van der Waals surface area (Å²) in [5, 5.41) is 9.47. The van der Waals surface area contributed by atoms with E-state index in [1.807, 2.05) is 0 Å². The van der Waals surface area contributed by atoms with Crippen LogP contribution in [0.3, 0.4) is 0 Å². The molecule has 2 atom stereocenters. The molecule has 1 N–H and O–H groups in total. The predicted molar refractivity (Wildman–Crippen MR) is 75.4 cm³/mol. The Bertz CT molecular complexity index is 508. The third kappa shape index (κ3) is 3.81.